The molecule has 2 N–H and O–H groups in total. The maximum atomic E-state index is 6.46. The highest BCUT2D eigenvalue weighted by Crippen LogP contribution is 2.83. The average Bonchev–Trinajstić information content (AvgIpc) is 2.07. The molecule has 5 aliphatic carbocycles. The first-order valence-electron chi connectivity index (χ1n) is 6.11. The van der Waals surface area contributed by atoms with Gasteiger partial charge >= 0.3 is 0 Å². The Bertz CT molecular complexity index is 306. The van der Waals surface area contributed by atoms with Crippen molar-refractivity contribution in [1.82, 2.24) is 0 Å². The largest absolute Gasteiger partial charge is 0.325 e. The normalized spacial score (nSPS) is 80.5. The van der Waals surface area contributed by atoms with E-state index < -0.39 is 0 Å². The van der Waals surface area contributed by atoms with Gasteiger partial charge in [-0.25, -0.2) is 0 Å². The Morgan fingerprint density at radius 3 is 2.31 bits per heavy atom. The Balaban J connectivity index is 1.54. The van der Waals surface area contributed by atoms with Gasteiger partial charge in [0.05, 0.1) is 0 Å². The van der Waals surface area contributed by atoms with Crippen molar-refractivity contribution >= 4 is 0 Å². The van der Waals surface area contributed by atoms with Crippen LogP contribution in [-0.4, -0.2) is 5.54 Å². The Morgan fingerprint density at radius 2 is 1.69 bits per heavy atom. The van der Waals surface area contributed by atoms with E-state index in [-0.39, 0.29) is 0 Å². The molecule has 0 aromatic carbocycles. The molecule has 0 aromatic rings. The van der Waals surface area contributed by atoms with Gasteiger partial charge < -0.3 is 5.73 Å². The maximum absolute atomic E-state index is 6.46. The summed E-state index contributed by atoms with van der Waals surface area (Å²) >= 11 is 0. The molecule has 13 heavy (non-hydrogen) atoms. The summed E-state index contributed by atoms with van der Waals surface area (Å²) in [5, 5.41) is 0. The quantitative estimate of drug-likeness (QED) is 0.556. The molecule has 1 nitrogen and oxygen atoms in total. The van der Waals surface area contributed by atoms with Gasteiger partial charge in [-0.1, -0.05) is 0 Å². The highest BCUT2D eigenvalue weighted by atomic mass is 15.0. The minimum absolute atomic E-state index is 0.381. The van der Waals surface area contributed by atoms with E-state index in [1.54, 1.807) is 12.8 Å². The molecule has 70 valence electrons. The number of rotatable bonds is 0. The van der Waals surface area contributed by atoms with Crippen LogP contribution in [0.2, 0.25) is 0 Å². The van der Waals surface area contributed by atoms with Crippen LogP contribution in [0.5, 0.6) is 0 Å². The van der Waals surface area contributed by atoms with Gasteiger partial charge in [-0.2, -0.15) is 0 Å². The molecule has 1 heteroatoms. The SMILES string of the molecule is NC12CCC1C1C3C4CCC4C3C12. The summed E-state index contributed by atoms with van der Waals surface area (Å²) in [5.41, 5.74) is 6.84. The summed E-state index contributed by atoms with van der Waals surface area (Å²) in [6.45, 7) is 0. The summed E-state index contributed by atoms with van der Waals surface area (Å²) in [5.74, 6) is 7.80. The molecule has 0 aromatic heterocycles. The number of fused-ring (bicyclic) bond motifs is 10. The third-order valence-electron chi connectivity index (χ3n) is 6.75. The van der Waals surface area contributed by atoms with Crippen LogP contribution in [0.1, 0.15) is 25.7 Å². The molecule has 8 atom stereocenters. The molecule has 0 saturated heterocycles. The second-order valence-corrected chi connectivity index (χ2v) is 6.42. The fourth-order valence-electron chi connectivity index (χ4n) is 6.06. The molecule has 0 amide bonds. The standard InChI is InChI=1S/C12H17N/c13-12-4-3-7(12)10-8-5-1-2-6(5)9(8)11(10)12/h5-11H,1-4,13H2. The molecular weight excluding hydrogens is 158 g/mol. The average molecular weight is 175 g/mol. The van der Waals surface area contributed by atoms with E-state index in [1.165, 1.54) is 24.7 Å². The van der Waals surface area contributed by atoms with Crippen LogP contribution >= 0.6 is 0 Å². The van der Waals surface area contributed by atoms with Crippen molar-refractivity contribution in [2.24, 2.45) is 47.2 Å². The van der Waals surface area contributed by atoms with Crippen LogP contribution in [0.15, 0.2) is 0 Å². The van der Waals surface area contributed by atoms with Crippen LogP contribution in [0.25, 0.3) is 0 Å². The van der Waals surface area contributed by atoms with Gasteiger partial charge in [0.15, 0.2) is 0 Å². The zero-order valence-corrected chi connectivity index (χ0v) is 7.95. The highest BCUT2D eigenvalue weighted by molar-refractivity contribution is 5.33. The lowest BCUT2D eigenvalue weighted by Gasteiger charge is -2.86. The summed E-state index contributed by atoms with van der Waals surface area (Å²) in [6.07, 6.45) is 5.95. The highest BCUT2D eigenvalue weighted by Gasteiger charge is 2.82. The Kier molecular flexibility index (Phi) is 0.743. The molecular formula is C12H17N. The number of hydrogen-bond donors (Lipinski definition) is 1. The minimum Gasteiger partial charge on any atom is -0.325 e. The summed E-state index contributed by atoms with van der Waals surface area (Å²) < 4.78 is 0. The van der Waals surface area contributed by atoms with Crippen LogP contribution < -0.4 is 5.73 Å². The van der Waals surface area contributed by atoms with Crippen molar-refractivity contribution in [1.29, 1.82) is 0 Å². The second kappa shape index (κ2) is 1.50. The molecule has 5 saturated carbocycles. The van der Waals surface area contributed by atoms with E-state index in [1.807, 2.05) is 0 Å². The predicted octanol–water partition coefficient (Wildman–Crippen LogP) is 1.63. The number of hydrogen-bond acceptors (Lipinski definition) is 1. The summed E-state index contributed by atoms with van der Waals surface area (Å²) in [7, 11) is 0. The van der Waals surface area contributed by atoms with Crippen molar-refractivity contribution in [3.8, 4) is 0 Å². The van der Waals surface area contributed by atoms with E-state index in [0.29, 0.717) is 5.54 Å². The Labute approximate surface area is 79.1 Å². The first-order chi connectivity index (χ1) is 6.32. The molecule has 5 aliphatic rings. The molecule has 0 bridgehead atoms. The van der Waals surface area contributed by atoms with Gasteiger partial charge in [0, 0.05) is 5.54 Å². The van der Waals surface area contributed by atoms with Crippen molar-refractivity contribution < 1.29 is 0 Å². The molecule has 8 unspecified atom stereocenters. The first kappa shape index (κ1) is 6.44. The fourth-order valence-corrected chi connectivity index (χ4v) is 6.06. The van der Waals surface area contributed by atoms with Crippen molar-refractivity contribution in [3.05, 3.63) is 0 Å². The Morgan fingerprint density at radius 1 is 0.923 bits per heavy atom. The van der Waals surface area contributed by atoms with Gasteiger partial charge in [-0.15, -0.1) is 0 Å². The van der Waals surface area contributed by atoms with Gasteiger partial charge in [-0.3, -0.25) is 0 Å². The topological polar surface area (TPSA) is 26.0 Å². The lowest BCUT2D eigenvalue weighted by Crippen LogP contribution is -2.88. The zero-order chi connectivity index (χ0) is 8.37. The zero-order valence-electron chi connectivity index (χ0n) is 7.95. The van der Waals surface area contributed by atoms with Crippen LogP contribution in [-0.2, 0) is 0 Å². The second-order valence-electron chi connectivity index (χ2n) is 6.42. The van der Waals surface area contributed by atoms with Crippen LogP contribution in [0.4, 0.5) is 0 Å². The van der Waals surface area contributed by atoms with E-state index in [0.717, 1.165) is 29.6 Å². The predicted molar refractivity (Wildman–Crippen MR) is 49.8 cm³/mol. The monoisotopic (exact) mass is 175 g/mol. The third-order valence-corrected chi connectivity index (χ3v) is 6.75. The number of nitrogens with two attached hydrogens (primary N) is 1. The van der Waals surface area contributed by atoms with Gasteiger partial charge in [0.2, 0.25) is 0 Å². The lowest BCUT2D eigenvalue weighted by molar-refractivity contribution is -0.367. The Hall–Kier alpha value is -0.0400. The minimum atomic E-state index is 0.381. The van der Waals surface area contributed by atoms with E-state index in [4.69, 9.17) is 5.73 Å². The van der Waals surface area contributed by atoms with E-state index >= 15 is 0 Å². The third kappa shape index (κ3) is 0.393. The fraction of sp³-hybridized carbons (Fsp3) is 1.00. The van der Waals surface area contributed by atoms with E-state index in [2.05, 4.69) is 0 Å². The lowest BCUT2D eigenvalue weighted by atomic mass is 9.19. The van der Waals surface area contributed by atoms with Crippen molar-refractivity contribution in [2.75, 3.05) is 0 Å². The van der Waals surface area contributed by atoms with Gasteiger partial charge in [0.25, 0.3) is 0 Å². The molecule has 0 radical (unpaired) electrons. The molecule has 0 spiro atoms. The molecule has 0 heterocycles. The van der Waals surface area contributed by atoms with E-state index in [9.17, 15) is 0 Å². The summed E-state index contributed by atoms with van der Waals surface area (Å²) in [6, 6.07) is 0. The van der Waals surface area contributed by atoms with Gasteiger partial charge in [-0.05, 0) is 67.1 Å². The van der Waals surface area contributed by atoms with Gasteiger partial charge in [0.1, 0.15) is 0 Å². The van der Waals surface area contributed by atoms with Crippen LogP contribution in [0.3, 0.4) is 0 Å². The summed E-state index contributed by atoms with van der Waals surface area (Å²) in [4.78, 5) is 0. The smallest absolute Gasteiger partial charge is 0.0220 e. The van der Waals surface area contributed by atoms with Crippen molar-refractivity contribution in [3.63, 3.8) is 0 Å². The van der Waals surface area contributed by atoms with Crippen molar-refractivity contribution in [2.45, 2.75) is 31.2 Å². The maximum Gasteiger partial charge on any atom is 0.0220 e. The molecule has 0 aliphatic heterocycles. The molecule has 5 rings (SSSR count). The first-order valence-corrected chi connectivity index (χ1v) is 6.11. The van der Waals surface area contributed by atoms with Crippen LogP contribution in [0, 0.1) is 41.4 Å². The molecule has 5 fully saturated rings.